The first-order valence-corrected chi connectivity index (χ1v) is 5.95. The van der Waals surface area contributed by atoms with Crippen LogP contribution in [0.1, 0.15) is 21.6 Å². The molecule has 1 heterocycles. The van der Waals surface area contributed by atoms with Crippen LogP contribution < -0.4 is 5.32 Å². The van der Waals surface area contributed by atoms with Crippen molar-refractivity contribution in [3.05, 3.63) is 16.8 Å². The summed E-state index contributed by atoms with van der Waals surface area (Å²) in [5.41, 5.74) is 1.38. The van der Waals surface area contributed by atoms with Gasteiger partial charge in [-0.15, -0.1) is 5.10 Å². The zero-order valence-electron chi connectivity index (χ0n) is 11.4. The molecule has 2 N–H and O–H groups in total. The molecule has 0 saturated heterocycles. The first-order chi connectivity index (χ1) is 9.07. The standard InChI is InChI=1S/C12H19N3O4/c1-8-9(2)14-15-11(10(8)12(16)17)13-4-5-19-7-6-18-3/h4-7H2,1-3H3,(H,13,15)(H,16,17). The number of aromatic nitrogens is 2. The molecule has 106 valence electrons. The Morgan fingerprint density at radius 1 is 1.26 bits per heavy atom. The number of nitrogens with one attached hydrogen (secondary N) is 1. The second kappa shape index (κ2) is 7.65. The molecule has 19 heavy (non-hydrogen) atoms. The Bertz CT molecular complexity index is 437. The van der Waals surface area contributed by atoms with Crippen molar-refractivity contribution >= 4 is 11.8 Å². The fraction of sp³-hybridized carbons (Fsp3) is 0.583. The quantitative estimate of drug-likeness (QED) is 0.676. The van der Waals surface area contributed by atoms with Crippen LogP contribution in [0.15, 0.2) is 0 Å². The third kappa shape index (κ3) is 4.46. The van der Waals surface area contributed by atoms with Crippen LogP contribution in [0.4, 0.5) is 5.82 Å². The first kappa shape index (κ1) is 15.3. The Labute approximate surface area is 111 Å². The maximum atomic E-state index is 11.2. The minimum Gasteiger partial charge on any atom is -0.478 e. The van der Waals surface area contributed by atoms with Gasteiger partial charge in [0.05, 0.1) is 25.5 Å². The molecule has 7 heteroatoms. The topological polar surface area (TPSA) is 93.6 Å². The summed E-state index contributed by atoms with van der Waals surface area (Å²) in [6.07, 6.45) is 0. The average molecular weight is 269 g/mol. The minimum atomic E-state index is -1.02. The summed E-state index contributed by atoms with van der Waals surface area (Å²) < 4.78 is 10.1. The van der Waals surface area contributed by atoms with Gasteiger partial charge < -0.3 is 19.9 Å². The molecule has 1 rings (SSSR count). The normalized spacial score (nSPS) is 10.5. The third-order valence-electron chi connectivity index (χ3n) is 2.64. The highest BCUT2D eigenvalue weighted by molar-refractivity contribution is 5.94. The number of hydrogen-bond donors (Lipinski definition) is 2. The first-order valence-electron chi connectivity index (χ1n) is 5.95. The lowest BCUT2D eigenvalue weighted by molar-refractivity contribution is 0.0695. The number of carbonyl (C=O) groups is 1. The number of methoxy groups -OCH3 is 1. The van der Waals surface area contributed by atoms with Crippen LogP contribution in [0.5, 0.6) is 0 Å². The molecule has 0 aliphatic heterocycles. The Hall–Kier alpha value is -1.73. The van der Waals surface area contributed by atoms with E-state index >= 15 is 0 Å². The molecule has 0 atom stereocenters. The zero-order valence-corrected chi connectivity index (χ0v) is 11.4. The Morgan fingerprint density at radius 2 is 2.00 bits per heavy atom. The van der Waals surface area contributed by atoms with Crippen LogP contribution in [-0.2, 0) is 9.47 Å². The van der Waals surface area contributed by atoms with Crippen LogP contribution >= 0.6 is 0 Å². The Kier molecular flexibility index (Phi) is 6.17. The second-order valence-electron chi connectivity index (χ2n) is 3.97. The predicted molar refractivity (Wildman–Crippen MR) is 69.7 cm³/mol. The number of nitrogens with zero attached hydrogens (tertiary/aromatic N) is 2. The van der Waals surface area contributed by atoms with Crippen molar-refractivity contribution < 1.29 is 19.4 Å². The number of rotatable bonds is 8. The monoisotopic (exact) mass is 269 g/mol. The van der Waals surface area contributed by atoms with Crippen LogP contribution in [0.2, 0.25) is 0 Å². The highest BCUT2D eigenvalue weighted by Crippen LogP contribution is 2.17. The summed E-state index contributed by atoms with van der Waals surface area (Å²) in [7, 11) is 1.60. The van der Waals surface area contributed by atoms with E-state index < -0.39 is 5.97 Å². The molecule has 1 aromatic heterocycles. The Balaban J connectivity index is 2.58. The molecule has 0 aromatic carbocycles. The molecule has 0 radical (unpaired) electrons. The highest BCUT2D eigenvalue weighted by atomic mass is 16.5. The van der Waals surface area contributed by atoms with E-state index in [2.05, 4.69) is 15.5 Å². The molecular formula is C12H19N3O4. The lowest BCUT2D eigenvalue weighted by Gasteiger charge is -2.11. The lowest BCUT2D eigenvalue weighted by Crippen LogP contribution is -2.17. The smallest absolute Gasteiger partial charge is 0.339 e. The number of aromatic carboxylic acids is 1. The van der Waals surface area contributed by atoms with Gasteiger partial charge >= 0.3 is 5.97 Å². The van der Waals surface area contributed by atoms with E-state index in [4.69, 9.17) is 9.47 Å². The SMILES string of the molecule is COCCOCCNc1nnc(C)c(C)c1C(=O)O. The molecule has 0 amide bonds. The molecule has 0 unspecified atom stereocenters. The summed E-state index contributed by atoms with van der Waals surface area (Å²) in [6, 6.07) is 0. The summed E-state index contributed by atoms with van der Waals surface area (Å²) in [5.74, 6) is -0.746. The number of carboxylic acids is 1. The van der Waals surface area contributed by atoms with Crippen molar-refractivity contribution in [1.29, 1.82) is 0 Å². The van der Waals surface area contributed by atoms with Gasteiger partial charge in [0, 0.05) is 13.7 Å². The molecule has 0 spiro atoms. The van der Waals surface area contributed by atoms with E-state index in [1.807, 2.05) is 0 Å². The van der Waals surface area contributed by atoms with Gasteiger partial charge in [0.15, 0.2) is 5.82 Å². The summed E-state index contributed by atoms with van der Waals surface area (Å²) >= 11 is 0. The van der Waals surface area contributed by atoms with Gasteiger partial charge in [0.25, 0.3) is 0 Å². The zero-order chi connectivity index (χ0) is 14.3. The molecule has 7 nitrogen and oxygen atoms in total. The van der Waals surface area contributed by atoms with Gasteiger partial charge in [-0.05, 0) is 19.4 Å². The fourth-order valence-corrected chi connectivity index (χ4v) is 1.48. The highest BCUT2D eigenvalue weighted by Gasteiger charge is 2.17. The Morgan fingerprint density at radius 3 is 2.63 bits per heavy atom. The van der Waals surface area contributed by atoms with Crippen molar-refractivity contribution in [3.8, 4) is 0 Å². The van der Waals surface area contributed by atoms with Gasteiger partial charge in [0.1, 0.15) is 5.56 Å². The summed E-state index contributed by atoms with van der Waals surface area (Å²) in [4.78, 5) is 11.2. The minimum absolute atomic E-state index is 0.157. The van der Waals surface area contributed by atoms with E-state index in [0.717, 1.165) is 0 Å². The van der Waals surface area contributed by atoms with Crippen LogP contribution in [-0.4, -0.2) is 54.7 Å². The van der Waals surface area contributed by atoms with Crippen molar-refractivity contribution in [1.82, 2.24) is 10.2 Å². The lowest BCUT2D eigenvalue weighted by atomic mass is 10.1. The maximum Gasteiger partial charge on any atom is 0.339 e. The van der Waals surface area contributed by atoms with Crippen LogP contribution in [0.3, 0.4) is 0 Å². The van der Waals surface area contributed by atoms with E-state index in [9.17, 15) is 9.90 Å². The van der Waals surface area contributed by atoms with Gasteiger partial charge in [-0.1, -0.05) is 0 Å². The molecule has 0 aliphatic carbocycles. The summed E-state index contributed by atoms with van der Waals surface area (Å²) in [6.45, 7) is 5.38. The number of aryl methyl sites for hydroxylation is 1. The molecule has 0 aliphatic rings. The number of hydrogen-bond acceptors (Lipinski definition) is 6. The molecule has 0 saturated carbocycles. The maximum absolute atomic E-state index is 11.2. The average Bonchev–Trinajstić information content (AvgIpc) is 2.37. The van der Waals surface area contributed by atoms with Gasteiger partial charge in [-0.3, -0.25) is 0 Å². The molecule has 1 aromatic rings. The second-order valence-corrected chi connectivity index (χ2v) is 3.97. The van der Waals surface area contributed by atoms with Crippen molar-refractivity contribution in [3.63, 3.8) is 0 Å². The van der Waals surface area contributed by atoms with Crippen molar-refractivity contribution in [2.45, 2.75) is 13.8 Å². The third-order valence-corrected chi connectivity index (χ3v) is 2.64. The largest absolute Gasteiger partial charge is 0.478 e. The number of ether oxygens (including phenoxy) is 2. The van der Waals surface area contributed by atoms with E-state index in [-0.39, 0.29) is 11.4 Å². The van der Waals surface area contributed by atoms with E-state index in [1.54, 1.807) is 21.0 Å². The van der Waals surface area contributed by atoms with Gasteiger partial charge in [-0.2, -0.15) is 5.10 Å². The van der Waals surface area contributed by atoms with Crippen molar-refractivity contribution in [2.75, 3.05) is 38.8 Å². The number of carboxylic acid groups (broad SMARTS) is 1. The van der Waals surface area contributed by atoms with Crippen LogP contribution in [0.25, 0.3) is 0 Å². The molecule has 0 fully saturated rings. The van der Waals surface area contributed by atoms with Gasteiger partial charge in [-0.25, -0.2) is 4.79 Å². The van der Waals surface area contributed by atoms with E-state index in [0.29, 0.717) is 37.6 Å². The molecule has 0 bridgehead atoms. The molecular weight excluding hydrogens is 250 g/mol. The number of anilines is 1. The fourth-order valence-electron chi connectivity index (χ4n) is 1.48. The van der Waals surface area contributed by atoms with E-state index in [1.165, 1.54) is 0 Å². The predicted octanol–water partition coefficient (Wildman–Crippen LogP) is 0.867. The summed E-state index contributed by atoms with van der Waals surface area (Å²) in [5, 5.41) is 19.9. The van der Waals surface area contributed by atoms with Crippen molar-refractivity contribution in [2.24, 2.45) is 0 Å². The van der Waals surface area contributed by atoms with Crippen LogP contribution in [0, 0.1) is 13.8 Å². The van der Waals surface area contributed by atoms with Gasteiger partial charge in [0.2, 0.25) is 0 Å².